The van der Waals surface area contributed by atoms with Gasteiger partial charge in [0, 0.05) is 12.5 Å². The molecular weight excluding hydrogens is 590 g/mol. The normalized spacial score (nSPS) is 18.9. The Morgan fingerprint density at radius 1 is 1.13 bits per heavy atom. The van der Waals surface area contributed by atoms with Crippen LogP contribution in [0.1, 0.15) is 74.2 Å². The Labute approximate surface area is 262 Å². The van der Waals surface area contributed by atoms with Gasteiger partial charge in [0.05, 0.1) is 32.3 Å². The fourth-order valence-electron chi connectivity index (χ4n) is 5.49. The number of alkyl halides is 4. The van der Waals surface area contributed by atoms with E-state index in [2.05, 4.69) is 20.6 Å². The molecule has 242 valence electrons. The fourth-order valence-corrected chi connectivity index (χ4v) is 5.49. The Balaban J connectivity index is 0.00000139. The number of carbonyl (C=O) groups excluding carboxylic acids is 1. The summed E-state index contributed by atoms with van der Waals surface area (Å²) in [4.78, 5) is 15.5. The number of hydrogen-bond acceptors (Lipinski definition) is 6. The van der Waals surface area contributed by atoms with Crippen molar-refractivity contribution in [2.45, 2.75) is 64.5 Å². The highest BCUT2D eigenvalue weighted by Gasteiger charge is 2.48. The Morgan fingerprint density at radius 3 is 2.42 bits per heavy atom. The van der Waals surface area contributed by atoms with Crippen molar-refractivity contribution in [3.63, 3.8) is 0 Å². The Bertz CT molecular complexity index is 1500. The van der Waals surface area contributed by atoms with Crippen molar-refractivity contribution in [2.24, 2.45) is 0 Å². The first-order valence-corrected chi connectivity index (χ1v) is 14.0. The van der Waals surface area contributed by atoms with Gasteiger partial charge >= 0.3 is 12.3 Å². The summed E-state index contributed by atoms with van der Waals surface area (Å²) in [6.07, 6.45) is -4.59. The van der Waals surface area contributed by atoms with Crippen LogP contribution in [0.2, 0.25) is 0 Å². The molecular formula is C33H39F4N5O3. The van der Waals surface area contributed by atoms with Crippen molar-refractivity contribution in [1.29, 1.82) is 0 Å². The van der Waals surface area contributed by atoms with E-state index in [4.69, 9.17) is 10.8 Å². The first-order valence-electron chi connectivity index (χ1n) is 14.7. The van der Waals surface area contributed by atoms with Crippen LogP contribution in [0.5, 0.6) is 0 Å². The molecule has 1 aliphatic rings. The maximum atomic E-state index is 13.8. The van der Waals surface area contributed by atoms with E-state index in [1.165, 1.54) is 0 Å². The van der Waals surface area contributed by atoms with E-state index in [1.807, 2.05) is 60.7 Å². The van der Waals surface area contributed by atoms with E-state index in [1.54, 1.807) is 24.8 Å². The van der Waals surface area contributed by atoms with E-state index in [0.717, 1.165) is 23.3 Å². The number of H-pyrrole nitrogens is 1. The lowest BCUT2D eigenvalue weighted by atomic mass is 9.77. The van der Waals surface area contributed by atoms with Crippen molar-refractivity contribution < 1.29 is 33.2 Å². The van der Waals surface area contributed by atoms with Crippen molar-refractivity contribution >= 4 is 6.09 Å². The van der Waals surface area contributed by atoms with Gasteiger partial charge in [0.1, 0.15) is 6.61 Å². The molecule has 0 saturated carbocycles. The first-order chi connectivity index (χ1) is 21.6. The second-order valence-corrected chi connectivity index (χ2v) is 10.6. The number of likely N-dealkylation sites (tertiary alicyclic amines) is 1. The lowest BCUT2D eigenvalue weighted by Gasteiger charge is -2.48. The lowest BCUT2D eigenvalue weighted by molar-refractivity contribution is -0.137. The summed E-state index contributed by atoms with van der Waals surface area (Å²) >= 11 is 0. The van der Waals surface area contributed by atoms with E-state index < -0.39 is 36.6 Å². The molecule has 12 heteroatoms. The van der Waals surface area contributed by atoms with Crippen molar-refractivity contribution in [3.8, 4) is 0 Å². The van der Waals surface area contributed by atoms with Gasteiger partial charge < -0.3 is 9.47 Å². The number of rotatable bonds is 8. The number of piperidine rings is 1. The quantitative estimate of drug-likeness (QED) is 0.199. The zero-order valence-electron chi connectivity index (χ0n) is 25.4. The Kier molecular flexibility index (Phi) is 11.6. The highest BCUT2D eigenvalue weighted by atomic mass is 19.4. The molecule has 1 fully saturated rings. The predicted molar refractivity (Wildman–Crippen MR) is 162 cm³/mol. The Hall–Kier alpha value is -4.32. The maximum Gasteiger partial charge on any atom is 0.416 e. The van der Waals surface area contributed by atoms with Gasteiger partial charge in [-0.15, -0.1) is 10.2 Å². The minimum atomic E-state index is -4.47. The van der Waals surface area contributed by atoms with Gasteiger partial charge in [0.15, 0.2) is 5.82 Å². The van der Waals surface area contributed by atoms with Crippen molar-refractivity contribution in [2.75, 3.05) is 20.3 Å². The number of hydrogen-bond donors (Lipinski definition) is 1. The molecule has 4 aromatic rings. The van der Waals surface area contributed by atoms with Crippen molar-refractivity contribution in [3.05, 3.63) is 113 Å². The molecule has 3 atom stereocenters. The van der Waals surface area contributed by atoms with Gasteiger partial charge in [0.25, 0.3) is 0 Å². The molecule has 2 heterocycles. The summed E-state index contributed by atoms with van der Waals surface area (Å²) in [5.41, 5.74) is 0.884. The standard InChI is InChI=1S/C31H32F3N5O3.CH3F.CH4/c1-21-15-25(17-27(16-21)31(32,33)34)22(2)42-20-30(26-11-7-4-8-12-26)14-13-24(28-35-37-38-36-28)18-39(30)29(40)41-19-23-9-5-3-6-10-23;1-2;/h3-12,15-17,22,24H,13-14,18-20H2,1-2H3,(H,35,36,37,38);1H3;1H4/t22-,24?,30-;;/m1../s1/i;1D;. The van der Waals surface area contributed by atoms with Crippen LogP contribution in [-0.4, -0.2) is 51.9 Å². The first kappa shape index (κ1) is 33.6. The van der Waals surface area contributed by atoms with Gasteiger partial charge in [-0.25, -0.2) is 4.79 Å². The van der Waals surface area contributed by atoms with Crippen LogP contribution in [0, 0.1) is 6.92 Å². The summed E-state index contributed by atoms with van der Waals surface area (Å²) in [5.74, 6) is 0.291. The minimum Gasteiger partial charge on any atom is -0.445 e. The second-order valence-electron chi connectivity index (χ2n) is 10.6. The maximum absolute atomic E-state index is 13.8. The molecule has 1 aliphatic heterocycles. The van der Waals surface area contributed by atoms with Crippen LogP contribution < -0.4 is 0 Å². The largest absolute Gasteiger partial charge is 0.445 e. The molecule has 3 aromatic carbocycles. The average Bonchev–Trinajstić information content (AvgIpc) is 3.58. The van der Waals surface area contributed by atoms with Gasteiger partial charge in [0.2, 0.25) is 0 Å². The third-order valence-corrected chi connectivity index (χ3v) is 7.76. The predicted octanol–water partition coefficient (Wildman–Crippen LogP) is 7.94. The number of nitrogens with zero attached hydrogens (tertiary/aromatic N) is 4. The van der Waals surface area contributed by atoms with E-state index in [0.29, 0.717) is 29.8 Å². The molecule has 0 radical (unpaired) electrons. The van der Waals surface area contributed by atoms with E-state index in [-0.39, 0.29) is 33.1 Å². The number of aromatic nitrogens is 4. The zero-order chi connectivity index (χ0) is 32.5. The molecule has 5 rings (SSSR count). The summed E-state index contributed by atoms with van der Waals surface area (Å²) < 4.78 is 68.3. The van der Waals surface area contributed by atoms with Crippen LogP contribution in [0.4, 0.5) is 22.4 Å². The summed E-state index contributed by atoms with van der Waals surface area (Å²) in [6.45, 7) is 3.70. The van der Waals surface area contributed by atoms with Crippen LogP contribution in [-0.2, 0) is 27.8 Å². The van der Waals surface area contributed by atoms with Crippen LogP contribution in [0.15, 0.2) is 78.9 Å². The van der Waals surface area contributed by atoms with Gasteiger partial charge in [-0.05, 0) is 55.5 Å². The molecule has 1 unspecified atom stereocenters. The van der Waals surface area contributed by atoms with Crippen molar-refractivity contribution in [1.82, 2.24) is 25.5 Å². The molecule has 1 amide bonds. The average molecular weight is 631 g/mol. The number of nitrogens with one attached hydrogen (secondary N) is 1. The fraction of sp³-hybridized carbons (Fsp3) is 0.394. The van der Waals surface area contributed by atoms with E-state index >= 15 is 0 Å². The second kappa shape index (κ2) is 15.6. The number of carbonyl (C=O) groups is 1. The monoisotopic (exact) mass is 630 g/mol. The summed E-state index contributed by atoms with van der Waals surface area (Å²) in [6, 6.07) is 22.8. The lowest BCUT2D eigenvalue weighted by Crippen LogP contribution is -2.57. The number of halogens is 4. The van der Waals surface area contributed by atoms with Crippen LogP contribution in [0.25, 0.3) is 0 Å². The molecule has 45 heavy (non-hydrogen) atoms. The smallest absolute Gasteiger partial charge is 0.416 e. The number of tetrazole rings is 1. The SMILES string of the molecule is C.Cc1cc([C@@H](C)OC[C@@]2(c3ccccc3)CCC(c3nn[nH]n3)CN2C(=O)OCc2ccccc2)cc(C(F)(F)F)c1.[2H]CF. The van der Waals surface area contributed by atoms with Crippen LogP contribution in [0.3, 0.4) is 0 Å². The third kappa shape index (κ3) is 8.44. The number of benzene rings is 3. The van der Waals surface area contributed by atoms with Crippen LogP contribution >= 0.6 is 0 Å². The summed E-state index contributed by atoms with van der Waals surface area (Å²) in [5, 5.41) is 14.5. The Morgan fingerprint density at radius 2 is 1.80 bits per heavy atom. The molecule has 1 saturated heterocycles. The molecule has 0 bridgehead atoms. The minimum absolute atomic E-state index is 0. The highest BCUT2D eigenvalue weighted by Crippen LogP contribution is 2.43. The van der Waals surface area contributed by atoms with Gasteiger partial charge in [-0.1, -0.05) is 84.9 Å². The third-order valence-electron chi connectivity index (χ3n) is 7.76. The number of aromatic amines is 1. The summed E-state index contributed by atoms with van der Waals surface area (Å²) in [7, 11) is -1.00. The number of aryl methyl sites for hydroxylation is 1. The molecule has 1 N–H and O–H groups in total. The molecule has 0 aliphatic carbocycles. The van der Waals surface area contributed by atoms with E-state index in [9.17, 15) is 22.4 Å². The topological polar surface area (TPSA) is 93.2 Å². The van der Waals surface area contributed by atoms with Gasteiger partial charge in [-0.2, -0.15) is 18.4 Å². The zero-order valence-corrected chi connectivity index (χ0v) is 24.4. The highest BCUT2D eigenvalue weighted by molar-refractivity contribution is 5.70. The van der Waals surface area contributed by atoms with Gasteiger partial charge in [-0.3, -0.25) is 9.29 Å². The molecule has 8 nitrogen and oxygen atoms in total. The molecule has 1 aromatic heterocycles. The molecule has 0 spiro atoms. The number of amides is 1. The number of ether oxygens (including phenoxy) is 2.